The van der Waals surface area contributed by atoms with Crippen LogP contribution >= 0.6 is 23.2 Å². The molecule has 10 rings (SSSR count). The van der Waals surface area contributed by atoms with E-state index in [1.807, 2.05) is 60.0 Å². The summed E-state index contributed by atoms with van der Waals surface area (Å²) in [6.45, 7) is 6.06. The number of unbranched alkanes of at least 4 members (excludes halogenated alkanes) is 5. The number of anilines is 2. The molecule has 3 N–H and O–H groups in total. The van der Waals surface area contributed by atoms with Crippen LogP contribution in [0.4, 0.5) is 20.8 Å². The smallest absolute Gasteiger partial charge is 0.326 e. The second-order valence-corrected chi connectivity index (χ2v) is 22.7. The summed E-state index contributed by atoms with van der Waals surface area (Å²) in [7, 11) is 3.24. The minimum Gasteiger partial charge on any atom is -0.497 e. The number of aliphatic imine (C=N–C) groups is 1. The number of nitrogens with zero attached hydrogens (tertiary/aromatic N) is 11. The van der Waals surface area contributed by atoms with E-state index in [2.05, 4.69) is 21.5 Å². The summed E-state index contributed by atoms with van der Waals surface area (Å²) in [4.78, 5) is 79.6. The number of amides is 5. The Morgan fingerprint density at radius 3 is 2.31 bits per heavy atom. The number of nitriles is 1. The molecular formula is C62H68Cl2FN13O6. The Hall–Kier alpha value is -8.28. The Morgan fingerprint density at radius 1 is 0.881 bits per heavy atom. The van der Waals surface area contributed by atoms with Crippen LogP contribution in [0.2, 0.25) is 10.0 Å². The summed E-state index contributed by atoms with van der Waals surface area (Å²) in [5, 5.41) is 19.1. The van der Waals surface area contributed by atoms with Crippen molar-refractivity contribution in [3.05, 3.63) is 146 Å². The van der Waals surface area contributed by atoms with Crippen molar-refractivity contribution in [1.29, 1.82) is 5.26 Å². The Kier molecular flexibility index (Phi) is 18.3. The topological polar surface area (TPSA) is 221 Å². The molecule has 0 aliphatic carbocycles. The molecule has 0 spiro atoms. The van der Waals surface area contributed by atoms with Gasteiger partial charge in [-0.05, 0) is 111 Å². The van der Waals surface area contributed by atoms with Crippen molar-refractivity contribution >= 4 is 64.4 Å². The zero-order chi connectivity index (χ0) is 59.2. The lowest BCUT2D eigenvalue weighted by atomic mass is 9.93. The van der Waals surface area contributed by atoms with Crippen LogP contribution in [0.25, 0.3) is 11.3 Å². The van der Waals surface area contributed by atoms with Crippen molar-refractivity contribution in [2.24, 2.45) is 4.99 Å². The molecule has 5 amide bonds. The number of carbonyl (C=O) groups excluding carboxylic acids is 4. The average Bonchev–Trinajstić information content (AvgIpc) is 4.09. The van der Waals surface area contributed by atoms with Crippen molar-refractivity contribution in [1.82, 2.24) is 44.7 Å². The quantitative estimate of drug-likeness (QED) is 0.0768. The molecule has 3 atom stereocenters. The third kappa shape index (κ3) is 12.8. The molecule has 19 nitrogen and oxygen atoms in total. The first-order valence-corrected chi connectivity index (χ1v) is 29.4. The van der Waals surface area contributed by atoms with Crippen molar-refractivity contribution in [3.8, 4) is 28.8 Å². The van der Waals surface area contributed by atoms with Crippen LogP contribution in [0.5, 0.6) is 11.5 Å². The summed E-state index contributed by atoms with van der Waals surface area (Å²) in [5.74, 6) is 1.02. The van der Waals surface area contributed by atoms with Gasteiger partial charge in [0.1, 0.15) is 41.8 Å². The minimum absolute atomic E-state index is 0.0377. The number of rotatable bonds is 18. The van der Waals surface area contributed by atoms with Crippen LogP contribution in [0.1, 0.15) is 134 Å². The number of amidine groups is 1. The van der Waals surface area contributed by atoms with E-state index in [0.29, 0.717) is 112 Å². The summed E-state index contributed by atoms with van der Waals surface area (Å²) in [6, 6.07) is 24.8. The Bertz CT molecular complexity index is 3500. The predicted octanol–water partition coefficient (Wildman–Crippen LogP) is 10.3. The number of benzene rings is 4. The van der Waals surface area contributed by atoms with E-state index in [0.717, 1.165) is 49.7 Å². The molecule has 2 saturated heterocycles. The van der Waals surface area contributed by atoms with E-state index in [-0.39, 0.29) is 73.6 Å². The number of carbonyl (C=O) groups is 4. The minimum atomic E-state index is -0.611. The van der Waals surface area contributed by atoms with Gasteiger partial charge in [-0.25, -0.2) is 19.2 Å². The fourth-order valence-electron chi connectivity index (χ4n) is 11.7. The zero-order valence-corrected chi connectivity index (χ0v) is 49.1. The van der Waals surface area contributed by atoms with Gasteiger partial charge in [-0.15, -0.1) is 0 Å². The lowest BCUT2D eigenvalue weighted by Gasteiger charge is -2.38. The molecule has 4 aromatic carbocycles. The van der Waals surface area contributed by atoms with Crippen molar-refractivity contribution in [2.75, 3.05) is 64.1 Å². The van der Waals surface area contributed by atoms with E-state index in [1.54, 1.807) is 59.0 Å². The van der Waals surface area contributed by atoms with Crippen LogP contribution in [-0.2, 0) is 22.7 Å². The number of urea groups is 1. The van der Waals surface area contributed by atoms with Gasteiger partial charge in [0.05, 0.1) is 67.1 Å². The van der Waals surface area contributed by atoms with Gasteiger partial charge in [0.15, 0.2) is 17.3 Å². The van der Waals surface area contributed by atoms with Crippen LogP contribution in [-0.4, -0.2) is 128 Å². The summed E-state index contributed by atoms with van der Waals surface area (Å²) in [5.41, 5.74) is 11.0. The lowest BCUT2D eigenvalue weighted by molar-refractivity contribution is -0.135. The van der Waals surface area contributed by atoms with E-state index in [4.69, 9.17) is 48.4 Å². The molecule has 2 bridgehead atoms. The normalized spacial score (nSPS) is 17.7. The van der Waals surface area contributed by atoms with Gasteiger partial charge >= 0.3 is 6.03 Å². The van der Waals surface area contributed by atoms with Gasteiger partial charge in [-0.1, -0.05) is 73.2 Å². The number of methoxy groups -OCH3 is 1. The maximum atomic E-state index is 15.2. The molecule has 2 aromatic heterocycles. The van der Waals surface area contributed by atoms with Crippen LogP contribution < -0.4 is 25.4 Å². The fourth-order valence-corrected chi connectivity index (χ4v) is 12.0. The molecule has 4 aliphatic heterocycles. The highest BCUT2D eigenvalue weighted by Gasteiger charge is 2.46. The summed E-state index contributed by atoms with van der Waals surface area (Å²) >= 11 is 12.8. The van der Waals surface area contributed by atoms with Crippen LogP contribution in [0, 0.1) is 17.1 Å². The van der Waals surface area contributed by atoms with Crippen molar-refractivity contribution in [2.45, 2.75) is 109 Å². The van der Waals surface area contributed by atoms with Gasteiger partial charge in [-0.3, -0.25) is 29.0 Å². The Balaban J connectivity index is 0.717. The molecule has 0 unspecified atom stereocenters. The van der Waals surface area contributed by atoms with Crippen molar-refractivity contribution < 1.29 is 33.0 Å². The third-order valence-electron chi connectivity index (χ3n) is 15.9. The second kappa shape index (κ2) is 26.1. The number of aromatic nitrogens is 4. The average molecular weight is 1180 g/mol. The SMILES string of the molecule is COc1ccc(C2=N[C@@H](c3ccc(Cl)cc3)[C@@H](c3ccc(Cl)cc3)N2C(=O)N2CCN(CCCCCCCCC(=O)NCCn3nc(C#N)c4c3CN(C)C(=O)c3ccc(F)cc3[C@H]3CCCN3c3nc-4cnc3N)C(=O)C2)c(OC(C)C)c1. The first-order chi connectivity index (χ1) is 40.6. The maximum absolute atomic E-state index is 15.2. The summed E-state index contributed by atoms with van der Waals surface area (Å²) < 4.78 is 28.3. The third-order valence-corrected chi connectivity index (χ3v) is 16.4. The predicted molar refractivity (Wildman–Crippen MR) is 318 cm³/mol. The molecule has 0 radical (unpaired) electrons. The number of ether oxygens (including phenoxy) is 2. The molecule has 84 heavy (non-hydrogen) atoms. The summed E-state index contributed by atoms with van der Waals surface area (Å²) in [6.07, 6.45) is 8.14. The van der Waals surface area contributed by atoms with Gasteiger partial charge in [0.25, 0.3) is 5.91 Å². The van der Waals surface area contributed by atoms with E-state index >= 15 is 4.79 Å². The molecule has 438 valence electrons. The molecule has 6 aromatic rings. The van der Waals surface area contributed by atoms with E-state index in [1.165, 1.54) is 29.3 Å². The van der Waals surface area contributed by atoms with Gasteiger partial charge in [-0.2, -0.15) is 10.4 Å². The number of fused-ring (bicyclic) bond motifs is 8. The molecule has 4 aliphatic rings. The standard InChI is InChI=1S/C62H68Cl2FN13O6/c1-38(2)84-52-33-44(83-4)23-25-46(52)59-71-56(39-14-18-41(63)19-15-39)57(40-16-20-42(64)21-17-40)78(59)62(82)75-31-30-74(54(80)37-75)27-10-8-6-5-7-9-13-53(79)68-26-29-77-51-36-73(3)61(81)45-24-22-43(65)32-47(45)50-12-11-28-76(50)60-58(67)69-35-49(70-60)55(51)48(34-66)72-77/h14-25,32-33,35,38,50,56-57H,5-13,26-31,36-37H2,1-4H3,(H2,67,69)(H,68,79)/t50-,56+,57-/m1/s1. The number of nitrogens with two attached hydrogens (primary N) is 1. The molecule has 6 heterocycles. The highest BCUT2D eigenvalue weighted by Crippen LogP contribution is 2.47. The van der Waals surface area contributed by atoms with Crippen molar-refractivity contribution in [3.63, 3.8) is 0 Å². The number of hydrogen-bond acceptors (Lipinski definition) is 13. The van der Waals surface area contributed by atoms with Gasteiger partial charge < -0.3 is 40.1 Å². The first-order valence-electron chi connectivity index (χ1n) is 28.6. The highest BCUT2D eigenvalue weighted by atomic mass is 35.5. The number of piperazine rings is 1. The molecular weight excluding hydrogens is 1110 g/mol. The van der Waals surface area contributed by atoms with E-state index < -0.39 is 17.9 Å². The monoisotopic (exact) mass is 1180 g/mol. The molecule has 2 fully saturated rings. The number of halogens is 3. The first kappa shape index (κ1) is 58.9. The van der Waals surface area contributed by atoms with E-state index in [9.17, 15) is 24.0 Å². The number of nitrogen functional groups attached to an aromatic ring is 1. The zero-order valence-electron chi connectivity index (χ0n) is 47.6. The number of nitrogens with one attached hydrogen (secondary N) is 1. The van der Waals surface area contributed by atoms with Crippen LogP contribution in [0.3, 0.4) is 0 Å². The molecule has 0 saturated carbocycles. The highest BCUT2D eigenvalue weighted by molar-refractivity contribution is 6.30. The largest absolute Gasteiger partial charge is 0.497 e. The molecule has 22 heteroatoms. The van der Waals surface area contributed by atoms with Gasteiger partial charge in [0, 0.05) is 67.9 Å². The van der Waals surface area contributed by atoms with Gasteiger partial charge in [0.2, 0.25) is 11.8 Å². The Morgan fingerprint density at radius 2 is 1.60 bits per heavy atom. The van der Waals surface area contributed by atoms with Crippen LogP contribution in [0.15, 0.2) is 96.1 Å². The second-order valence-electron chi connectivity index (χ2n) is 21.9. The maximum Gasteiger partial charge on any atom is 0.326 e. The number of hydrogen-bond donors (Lipinski definition) is 2. The Labute approximate surface area is 498 Å². The lowest BCUT2D eigenvalue weighted by Crippen LogP contribution is -2.56. The fraction of sp³-hybridized carbons (Fsp3) is 0.403.